The number of hydrogen-bond acceptors (Lipinski definition) is 4. The molecule has 1 amide bonds. The number of rotatable bonds is 5. The van der Waals surface area contributed by atoms with Crippen LogP contribution in [0.2, 0.25) is 0 Å². The number of aromatic nitrogens is 1. The number of esters is 1. The van der Waals surface area contributed by atoms with Gasteiger partial charge in [0.15, 0.2) is 0 Å². The summed E-state index contributed by atoms with van der Waals surface area (Å²) in [7, 11) is 1.64. The van der Waals surface area contributed by atoms with E-state index in [0.29, 0.717) is 11.3 Å². The fraction of sp³-hybridized carbons (Fsp3) is 0.400. The molecule has 1 rings (SSSR count). The van der Waals surface area contributed by atoms with Crippen molar-refractivity contribution in [3.05, 3.63) is 22.5 Å². The molecule has 0 saturated heterocycles. The minimum Gasteiger partial charge on any atom is -0.461 e. The Hall–Kier alpha value is -2.55. The highest BCUT2D eigenvalue weighted by Gasteiger charge is 2.28. The van der Waals surface area contributed by atoms with Crippen LogP contribution in [0.4, 0.5) is 0 Å². The zero-order valence-corrected chi connectivity index (χ0v) is 12.6. The predicted octanol–water partition coefficient (Wildman–Crippen LogP) is 0.751. The van der Waals surface area contributed by atoms with E-state index in [-0.39, 0.29) is 24.4 Å². The molecule has 0 spiro atoms. The summed E-state index contributed by atoms with van der Waals surface area (Å²) >= 11 is 0. The number of nitrogens with zero attached hydrogens (tertiary/aromatic N) is 1. The number of hydrogen-bond donors (Lipinski definition) is 1. The molecule has 1 aromatic rings. The van der Waals surface area contributed by atoms with E-state index < -0.39 is 17.7 Å². The van der Waals surface area contributed by atoms with Gasteiger partial charge in [-0.3, -0.25) is 9.59 Å². The summed E-state index contributed by atoms with van der Waals surface area (Å²) in [4.78, 5) is 35.9. The molecule has 1 heterocycles. The van der Waals surface area contributed by atoms with Crippen molar-refractivity contribution < 1.29 is 19.1 Å². The fourth-order valence-electron chi connectivity index (χ4n) is 2.13. The first-order chi connectivity index (χ1) is 9.86. The molecule has 0 aliphatic carbocycles. The number of ketones is 1. The third kappa shape index (κ3) is 3.14. The van der Waals surface area contributed by atoms with Crippen molar-refractivity contribution in [2.75, 3.05) is 13.2 Å². The number of carbonyl (C=O) groups excluding carboxylic acids is 3. The van der Waals surface area contributed by atoms with Crippen LogP contribution in [0.25, 0.3) is 0 Å². The monoisotopic (exact) mass is 290 g/mol. The van der Waals surface area contributed by atoms with Gasteiger partial charge in [-0.15, -0.1) is 6.42 Å². The van der Waals surface area contributed by atoms with E-state index in [1.54, 1.807) is 32.4 Å². The van der Waals surface area contributed by atoms with Crippen LogP contribution in [0.3, 0.4) is 0 Å². The van der Waals surface area contributed by atoms with Gasteiger partial charge in [0.1, 0.15) is 5.69 Å². The molecule has 0 fully saturated rings. The summed E-state index contributed by atoms with van der Waals surface area (Å²) in [5, 5.41) is 2.32. The number of ether oxygens (including phenoxy) is 1. The van der Waals surface area contributed by atoms with Gasteiger partial charge < -0.3 is 14.6 Å². The molecule has 0 atom stereocenters. The van der Waals surface area contributed by atoms with Crippen LogP contribution in [-0.2, 0) is 16.6 Å². The summed E-state index contributed by atoms with van der Waals surface area (Å²) in [5.41, 5.74) is 1.42. The third-order valence-electron chi connectivity index (χ3n) is 3.18. The van der Waals surface area contributed by atoms with Gasteiger partial charge in [0.2, 0.25) is 0 Å². The summed E-state index contributed by atoms with van der Waals surface area (Å²) in [6.07, 6.45) is 5.04. The highest BCUT2D eigenvalue weighted by molar-refractivity contribution is 6.43. The van der Waals surface area contributed by atoms with Crippen LogP contribution < -0.4 is 5.32 Å². The third-order valence-corrected chi connectivity index (χ3v) is 3.18. The van der Waals surface area contributed by atoms with Gasteiger partial charge in [-0.2, -0.15) is 0 Å². The first-order valence-corrected chi connectivity index (χ1v) is 6.45. The Morgan fingerprint density at radius 1 is 1.33 bits per heavy atom. The molecule has 0 bridgehead atoms. The van der Waals surface area contributed by atoms with Gasteiger partial charge in [0, 0.05) is 12.7 Å². The second-order valence-electron chi connectivity index (χ2n) is 4.43. The number of amides is 1. The first-order valence-electron chi connectivity index (χ1n) is 6.45. The van der Waals surface area contributed by atoms with E-state index >= 15 is 0 Å². The molecule has 0 aromatic carbocycles. The molecule has 1 N–H and O–H groups in total. The van der Waals surface area contributed by atoms with E-state index in [4.69, 9.17) is 11.2 Å². The van der Waals surface area contributed by atoms with E-state index in [9.17, 15) is 14.4 Å². The number of terminal acetylenes is 1. The molecule has 6 heteroatoms. The van der Waals surface area contributed by atoms with Gasteiger partial charge in [-0.1, -0.05) is 5.92 Å². The zero-order valence-electron chi connectivity index (χ0n) is 12.6. The Labute approximate surface area is 123 Å². The second-order valence-corrected chi connectivity index (χ2v) is 4.43. The predicted molar refractivity (Wildman–Crippen MR) is 77.0 cm³/mol. The minimum atomic E-state index is -0.792. The van der Waals surface area contributed by atoms with Crippen LogP contribution >= 0.6 is 0 Å². The van der Waals surface area contributed by atoms with Crippen LogP contribution in [0.15, 0.2) is 0 Å². The number of carbonyl (C=O) groups is 3. The molecule has 1 aromatic heterocycles. The van der Waals surface area contributed by atoms with E-state index in [0.717, 1.165) is 0 Å². The molecule has 0 unspecified atom stereocenters. The second kappa shape index (κ2) is 6.75. The van der Waals surface area contributed by atoms with Crippen molar-refractivity contribution in [3.63, 3.8) is 0 Å². The Balaban J connectivity index is 3.24. The molecular weight excluding hydrogens is 272 g/mol. The topological polar surface area (TPSA) is 77.4 Å². The number of nitrogens with one attached hydrogen (secondary N) is 1. The van der Waals surface area contributed by atoms with Gasteiger partial charge in [0.25, 0.3) is 11.7 Å². The summed E-state index contributed by atoms with van der Waals surface area (Å²) in [6.45, 7) is 5.18. The quantitative estimate of drug-likeness (QED) is 0.376. The van der Waals surface area contributed by atoms with E-state index in [1.165, 1.54) is 0 Å². The van der Waals surface area contributed by atoms with E-state index in [1.807, 2.05) is 0 Å². The Bertz CT molecular complexity index is 635. The van der Waals surface area contributed by atoms with Crippen molar-refractivity contribution in [3.8, 4) is 12.3 Å². The lowest BCUT2D eigenvalue weighted by Gasteiger charge is -2.05. The first kappa shape index (κ1) is 16.5. The van der Waals surface area contributed by atoms with Gasteiger partial charge in [-0.05, 0) is 26.3 Å². The number of Topliss-reactive ketones (excluding diaryl/α,β-unsaturated/α-hetero) is 1. The normalized spacial score (nSPS) is 9.86. The van der Waals surface area contributed by atoms with Gasteiger partial charge in [0.05, 0.1) is 18.7 Å². The van der Waals surface area contributed by atoms with E-state index in [2.05, 4.69) is 11.2 Å². The van der Waals surface area contributed by atoms with Crippen LogP contribution in [-0.4, -0.2) is 35.4 Å². The lowest BCUT2D eigenvalue weighted by molar-refractivity contribution is -0.116. The van der Waals surface area contributed by atoms with Crippen molar-refractivity contribution in [2.24, 2.45) is 7.05 Å². The Morgan fingerprint density at radius 2 is 1.95 bits per heavy atom. The molecule has 0 aliphatic rings. The molecule has 6 nitrogen and oxygen atoms in total. The van der Waals surface area contributed by atoms with Crippen molar-refractivity contribution in [1.29, 1.82) is 0 Å². The van der Waals surface area contributed by atoms with Gasteiger partial charge in [-0.25, -0.2) is 4.79 Å². The summed E-state index contributed by atoms with van der Waals surface area (Å²) < 4.78 is 6.52. The Kier molecular flexibility index (Phi) is 5.30. The molecule has 21 heavy (non-hydrogen) atoms. The fourth-order valence-corrected chi connectivity index (χ4v) is 2.13. The van der Waals surface area contributed by atoms with Gasteiger partial charge >= 0.3 is 5.97 Å². The average molecular weight is 290 g/mol. The molecular formula is C15H18N2O4. The zero-order chi connectivity index (χ0) is 16.2. The highest BCUT2D eigenvalue weighted by Crippen LogP contribution is 2.22. The maximum atomic E-state index is 12.2. The molecule has 112 valence electrons. The maximum Gasteiger partial charge on any atom is 0.355 e. The lowest BCUT2D eigenvalue weighted by atomic mass is 10.1. The minimum absolute atomic E-state index is 0.0275. The smallest absolute Gasteiger partial charge is 0.355 e. The van der Waals surface area contributed by atoms with Crippen LogP contribution in [0.1, 0.15) is 39.0 Å². The van der Waals surface area contributed by atoms with Crippen LogP contribution in [0.5, 0.6) is 0 Å². The molecule has 0 aliphatic heterocycles. The summed E-state index contributed by atoms with van der Waals surface area (Å²) in [6, 6.07) is 0. The van der Waals surface area contributed by atoms with Crippen LogP contribution in [0, 0.1) is 26.2 Å². The lowest BCUT2D eigenvalue weighted by Crippen LogP contribution is -2.31. The highest BCUT2D eigenvalue weighted by atomic mass is 16.5. The molecule has 0 radical (unpaired) electrons. The maximum absolute atomic E-state index is 12.2. The van der Waals surface area contributed by atoms with Crippen molar-refractivity contribution in [2.45, 2.75) is 20.8 Å². The SMILES string of the molecule is C#CCNC(=O)C(=O)c1c(C)c(C(=O)OCC)n(C)c1C. The standard InChI is InChI=1S/C15H18N2O4/c1-6-8-16-14(19)13(18)11-9(3)12(15(20)21-7-2)17(5)10(11)4/h1H,7-8H2,2-5H3,(H,16,19). The summed E-state index contributed by atoms with van der Waals surface area (Å²) in [5.74, 6) is 0.190. The van der Waals surface area contributed by atoms with Crippen molar-refractivity contribution >= 4 is 17.7 Å². The average Bonchev–Trinajstić information content (AvgIpc) is 2.66. The Morgan fingerprint density at radius 3 is 2.48 bits per heavy atom. The largest absolute Gasteiger partial charge is 0.461 e. The molecule has 0 saturated carbocycles. The van der Waals surface area contributed by atoms with Crippen molar-refractivity contribution in [1.82, 2.24) is 9.88 Å².